The summed E-state index contributed by atoms with van der Waals surface area (Å²) in [7, 11) is 0. The second kappa shape index (κ2) is 6.74. The number of hydrogen-bond acceptors (Lipinski definition) is 2. The third-order valence-electron chi connectivity index (χ3n) is 2.25. The number of benzene rings is 1. The van der Waals surface area contributed by atoms with Crippen LogP contribution in [0.15, 0.2) is 48.1 Å². The van der Waals surface area contributed by atoms with Gasteiger partial charge in [-0.05, 0) is 11.1 Å². The molecule has 96 valence electrons. The molecular formula is C12H13F2N3O. The van der Waals surface area contributed by atoms with Crippen molar-refractivity contribution in [2.45, 2.75) is 18.6 Å². The fourth-order valence-electron chi connectivity index (χ4n) is 1.34. The van der Waals surface area contributed by atoms with Crippen molar-refractivity contribution >= 4 is 0 Å². The summed E-state index contributed by atoms with van der Waals surface area (Å²) in [6.45, 7) is 2.40. The zero-order chi connectivity index (χ0) is 13.4. The zero-order valence-corrected chi connectivity index (χ0v) is 9.67. The van der Waals surface area contributed by atoms with Gasteiger partial charge in [0, 0.05) is 4.91 Å². The molecule has 0 aliphatic carbocycles. The lowest BCUT2D eigenvalue weighted by atomic mass is 10.2. The molecule has 0 amide bonds. The summed E-state index contributed by atoms with van der Waals surface area (Å²) >= 11 is 0. The topological polar surface area (TPSA) is 58.0 Å². The van der Waals surface area contributed by atoms with Gasteiger partial charge >= 0.3 is 0 Å². The third kappa shape index (κ3) is 4.16. The van der Waals surface area contributed by atoms with Crippen LogP contribution in [0.2, 0.25) is 0 Å². The third-order valence-corrected chi connectivity index (χ3v) is 2.25. The average Bonchev–Trinajstić information content (AvgIpc) is 2.38. The van der Waals surface area contributed by atoms with Crippen LogP contribution >= 0.6 is 0 Å². The number of nitrogens with zero attached hydrogens (tertiary/aromatic N) is 3. The molecule has 1 unspecified atom stereocenters. The van der Waals surface area contributed by atoms with Crippen molar-refractivity contribution in [3.63, 3.8) is 0 Å². The maximum absolute atomic E-state index is 13.5. The molecule has 6 heteroatoms. The van der Waals surface area contributed by atoms with Crippen LogP contribution in [-0.2, 0) is 11.3 Å². The fourth-order valence-corrected chi connectivity index (χ4v) is 1.34. The number of rotatable bonds is 7. The molecule has 0 fully saturated rings. The molecule has 0 heterocycles. The van der Waals surface area contributed by atoms with E-state index in [4.69, 9.17) is 10.3 Å². The van der Waals surface area contributed by atoms with E-state index in [9.17, 15) is 8.78 Å². The molecule has 0 saturated heterocycles. The lowest BCUT2D eigenvalue weighted by Gasteiger charge is -2.22. The molecule has 0 bridgehead atoms. The first-order chi connectivity index (χ1) is 8.60. The number of ether oxygens (including phenoxy) is 1. The Morgan fingerprint density at radius 2 is 2.11 bits per heavy atom. The van der Waals surface area contributed by atoms with E-state index in [1.807, 2.05) is 6.07 Å². The average molecular weight is 253 g/mol. The van der Waals surface area contributed by atoms with E-state index in [0.29, 0.717) is 0 Å². The maximum atomic E-state index is 13.5. The summed E-state index contributed by atoms with van der Waals surface area (Å²) in [6.07, 6.45) is -0.473. The van der Waals surface area contributed by atoms with Gasteiger partial charge in [0.2, 0.25) is 0 Å². The van der Waals surface area contributed by atoms with Crippen LogP contribution in [-0.4, -0.2) is 18.6 Å². The monoisotopic (exact) mass is 253 g/mol. The van der Waals surface area contributed by atoms with E-state index in [2.05, 4.69) is 16.6 Å². The molecule has 0 aliphatic rings. The zero-order valence-electron chi connectivity index (χ0n) is 9.67. The molecular weight excluding hydrogens is 240 g/mol. The van der Waals surface area contributed by atoms with Crippen LogP contribution < -0.4 is 0 Å². The van der Waals surface area contributed by atoms with Crippen LogP contribution in [0.3, 0.4) is 0 Å². The second-order valence-corrected chi connectivity index (χ2v) is 3.60. The van der Waals surface area contributed by atoms with Gasteiger partial charge in [-0.2, -0.15) is 0 Å². The van der Waals surface area contributed by atoms with Gasteiger partial charge < -0.3 is 4.74 Å². The Hall–Kier alpha value is -1.91. The number of hydrogen-bond donors (Lipinski definition) is 0. The van der Waals surface area contributed by atoms with E-state index in [-0.39, 0.29) is 6.61 Å². The van der Waals surface area contributed by atoms with Gasteiger partial charge in [-0.3, -0.25) is 0 Å². The van der Waals surface area contributed by atoms with Crippen LogP contribution in [0.1, 0.15) is 5.56 Å². The Morgan fingerprint density at radius 3 is 2.67 bits per heavy atom. The van der Waals surface area contributed by atoms with E-state index in [1.165, 1.54) is 0 Å². The van der Waals surface area contributed by atoms with E-state index >= 15 is 0 Å². The molecule has 1 aromatic rings. The van der Waals surface area contributed by atoms with Crippen LogP contribution in [0.25, 0.3) is 10.4 Å². The highest BCUT2D eigenvalue weighted by Crippen LogP contribution is 2.24. The van der Waals surface area contributed by atoms with Crippen molar-refractivity contribution in [3.8, 4) is 0 Å². The summed E-state index contributed by atoms with van der Waals surface area (Å²) in [5, 5.41) is 2.87. The maximum Gasteiger partial charge on any atom is 0.282 e. The molecule has 1 rings (SSSR count). The van der Waals surface area contributed by atoms with E-state index in [0.717, 1.165) is 11.6 Å². The standard InChI is InChI=1S/C12H13F2N3O/c1-2-11(12(13,14)9-16-17-15)18-8-10-6-4-3-5-7-10/h2-7,11H,1,8-9H2. The number of azide groups is 1. The molecule has 0 aliphatic heterocycles. The Labute approximate surface area is 104 Å². The van der Waals surface area contributed by atoms with Crippen molar-refractivity contribution < 1.29 is 13.5 Å². The first kappa shape index (κ1) is 14.2. The Balaban J connectivity index is 2.61. The number of alkyl halides is 2. The molecule has 1 atom stereocenters. The molecule has 0 spiro atoms. The van der Waals surface area contributed by atoms with Crippen molar-refractivity contribution in [1.29, 1.82) is 0 Å². The summed E-state index contributed by atoms with van der Waals surface area (Å²) in [4.78, 5) is 2.31. The second-order valence-electron chi connectivity index (χ2n) is 3.60. The summed E-state index contributed by atoms with van der Waals surface area (Å²) in [5.74, 6) is -3.26. The van der Waals surface area contributed by atoms with Crippen molar-refractivity contribution in [1.82, 2.24) is 0 Å². The minimum absolute atomic E-state index is 0.0450. The quantitative estimate of drug-likeness (QED) is 0.316. The number of halogens is 2. The summed E-state index contributed by atoms with van der Waals surface area (Å²) in [6, 6.07) is 8.95. The predicted octanol–water partition coefficient (Wildman–Crippen LogP) is 3.70. The molecule has 0 saturated carbocycles. The van der Waals surface area contributed by atoms with E-state index in [1.54, 1.807) is 24.3 Å². The Morgan fingerprint density at radius 1 is 1.44 bits per heavy atom. The molecule has 0 radical (unpaired) electrons. The molecule has 4 nitrogen and oxygen atoms in total. The summed E-state index contributed by atoms with van der Waals surface area (Å²) < 4.78 is 32.1. The highest BCUT2D eigenvalue weighted by molar-refractivity contribution is 5.13. The van der Waals surface area contributed by atoms with Gasteiger partial charge in [0.15, 0.2) is 0 Å². The van der Waals surface area contributed by atoms with Crippen molar-refractivity contribution in [2.24, 2.45) is 5.11 Å². The highest BCUT2D eigenvalue weighted by atomic mass is 19.3. The van der Waals surface area contributed by atoms with Crippen molar-refractivity contribution in [2.75, 3.05) is 6.54 Å². The van der Waals surface area contributed by atoms with Gasteiger partial charge in [0.25, 0.3) is 5.92 Å². The van der Waals surface area contributed by atoms with E-state index < -0.39 is 18.6 Å². The van der Waals surface area contributed by atoms with Gasteiger partial charge in [0.05, 0.1) is 13.2 Å². The van der Waals surface area contributed by atoms with Gasteiger partial charge in [0.1, 0.15) is 6.10 Å². The smallest absolute Gasteiger partial charge is 0.282 e. The normalized spacial score (nSPS) is 12.6. The van der Waals surface area contributed by atoms with Crippen LogP contribution in [0.5, 0.6) is 0 Å². The predicted molar refractivity (Wildman–Crippen MR) is 64.2 cm³/mol. The lowest BCUT2D eigenvalue weighted by Crippen LogP contribution is -2.36. The lowest BCUT2D eigenvalue weighted by molar-refractivity contribution is -0.113. The molecule has 18 heavy (non-hydrogen) atoms. The van der Waals surface area contributed by atoms with Gasteiger partial charge in [-0.25, -0.2) is 8.78 Å². The first-order valence-corrected chi connectivity index (χ1v) is 5.27. The van der Waals surface area contributed by atoms with Crippen molar-refractivity contribution in [3.05, 3.63) is 59.0 Å². The minimum atomic E-state index is -3.26. The minimum Gasteiger partial charge on any atom is -0.363 e. The Bertz CT molecular complexity index is 430. The highest BCUT2D eigenvalue weighted by Gasteiger charge is 2.37. The van der Waals surface area contributed by atoms with Crippen LogP contribution in [0.4, 0.5) is 8.78 Å². The Kier molecular flexibility index (Phi) is 5.30. The van der Waals surface area contributed by atoms with Crippen LogP contribution in [0, 0.1) is 0 Å². The molecule has 0 aromatic heterocycles. The SMILES string of the molecule is C=CC(OCc1ccccc1)C(F)(F)CN=[N+]=[N-]. The molecule has 0 N–H and O–H groups in total. The van der Waals surface area contributed by atoms with Gasteiger partial charge in [-0.1, -0.05) is 41.5 Å². The molecule has 1 aromatic carbocycles. The first-order valence-electron chi connectivity index (χ1n) is 5.27. The van der Waals surface area contributed by atoms with Gasteiger partial charge in [-0.15, -0.1) is 6.58 Å². The summed E-state index contributed by atoms with van der Waals surface area (Å²) in [5.41, 5.74) is 8.83. The fraction of sp³-hybridized carbons (Fsp3) is 0.333. The largest absolute Gasteiger partial charge is 0.363 e.